The number of aromatic nitrogens is 2. The molecule has 0 unspecified atom stereocenters. The summed E-state index contributed by atoms with van der Waals surface area (Å²) in [5.41, 5.74) is 1.99. The zero-order valence-electron chi connectivity index (χ0n) is 9.45. The van der Waals surface area contributed by atoms with Gasteiger partial charge in [0.15, 0.2) is 4.77 Å². The Kier molecular flexibility index (Phi) is 3.32. The molecule has 1 aromatic heterocycles. The van der Waals surface area contributed by atoms with Gasteiger partial charge in [-0.3, -0.25) is 4.57 Å². The number of aromatic amines is 1. The molecule has 96 valence electrons. The standard InChI is InChI=1S/C13H7Br2FN2S/c14-7-4-5-8(15)11(6-7)18-10-3-1-2-9(16)12(10)17-13(18)19/h1-6H,(H,17,19). The molecule has 0 aliphatic rings. The molecular weight excluding hydrogens is 395 g/mol. The summed E-state index contributed by atoms with van der Waals surface area (Å²) in [6.45, 7) is 0. The van der Waals surface area contributed by atoms with Crippen LogP contribution >= 0.6 is 44.1 Å². The van der Waals surface area contributed by atoms with Crippen LogP contribution in [0, 0.1) is 10.6 Å². The number of H-pyrrole nitrogens is 1. The number of imidazole rings is 1. The molecular formula is C13H7Br2FN2S. The van der Waals surface area contributed by atoms with E-state index >= 15 is 0 Å². The normalized spacial score (nSPS) is 11.1. The van der Waals surface area contributed by atoms with Crippen LogP contribution in [-0.4, -0.2) is 9.55 Å². The first-order chi connectivity index (χ1) is 9.08. The summed E-state index contributed by atoms with van der Waals surface area (Å²) in [7, 11) is 0. The van der Waals surface area contributed by atoms with E-state index in [1.165, 1.54) is 6.07 Å². The number of rotatable bonds is 1. The summed E-state index contributed by atoms with van der Waals surface area (Å²) >= 11 is 12.2. The van der Waals surface area contributed by atoms with Crippen molar-refractivity contribution in [3.05, 3.63) is 55.9 Å². The molecule has 0 spiro atoms. The summed E-state index contributed by atoms with van der Waals surface area (Å²) in [6.07, 6.45) is 0. The average Bonchev–Trinajstić information content (AvgIpc) is 2.70. The number of hydrogen-bond acceptors (Lipinski definition) is 1. The van der Waals surface area contributed by atoms with Gasteiger partial charge in [-0.25, -0.2) is 4.39 Å². The highest BCUT2D eigenvalue weighted by Gasteiger charge is 2.12. The fraction of sp³-hybridized carbons (Fsp3) is 0. The highest BCUT2D eigenvalue weighted by molar-refractivity contribution is 9.11. The molecule has 2 nitrogen and oxygen atoms in total. The van der Waals surface area contributed by atoms with Crippen molar-refractivity contribution in [1.82, 2.24) is 9.55 Å². The molecule has 19 heavy (non-hydrogen) atoms. The van der Waals surface area contributed by atoms with Crippen molar-refractivity contribution in [2.24, 2.45) is 0 Å². The molecule has 0 atom stereocenters. The summed E-state index contributed by atoms with van der Waals surface area (Å²) in [4.78, 5) is 2.91. The van der Waals surface area contributed by atoms with E-state index in [0.29, 0.717) is 15.8 Å². The minimum atomic E-state index is -0.312. The lowest BCUT2D eigenvalue weighted by atomic mass is 10.2. The third-order valence-corrected chi connectivity index (χ3v) is 4.27. The second kappa shape index (κ2) is 4.85. The number of benzene rings is 2. The Morgan fingerprint density at radius 2 is 1.95 bits per heavy atom. The van der Waals surface area contributed by atoms with E-state index in [-0.39, 0.29) is 5.82 Å². The van der Waals surface area contributed by atoms with E-state index in [0.717, 1.165) is 14.6 Å². The van der Waals surface area contributed by atoms with Crippen molar-refractivity contribution >= 4 is 55.1 Å². The summed E-state index contributed by atoms with van der Waals surface area (Å²) in [5.74, 6) is -0.312. The average molecular weight is 402 g/mol. The fourth-order valence-corrected chi connectivity index (χ4v) is 3.06. The first kappa shape index (κ1) is 13.0. The second-order valence-corrected chi connectivity index (χ2v) is 6.15. The Labute approximate surface area is 130 Å². The molecule has 0 saturated heterocycles. The summed E-state index contributed by atoms with van der Waals surface area (Å²) in [6, 6.07) is 10.7. The molecule has 0 aliphatic carbocycles. The Bertz CT molecular complexity index is 838. The van der Waals surface area contributed by atoms with Gasteiger partial charge in [-0.2, -0.15) is 0 Å². The van der Waals surface area contributed by atoms with E-state index in [4.69, 9.17) is 12.2 Å². The molecule has 0 fully saturated rings. The zero-order chi connectivity index (χ0) is 13.6. The van der Waals surface area contributed by atoms with Gasteiger partial charge in [0.1, 0.15) is 11.3 Å². The molecule has 0 saturated carbocycles. The quantitative estimate of drug-likeness (QED) is 0.545. The van der Waals surface area contributed by atoms with Crippen LogP contribution in [0.25, 0.3) is 16.7 Å². The molecule has 3 aromatic rings. The maximum absolute atomic E-state index is 13.8. The molecule has 1 heterocycles. The fourth-order valence-electron chi connectivity index (χ4n) is 1.99. The smallest absolute Gasteiger partial charge is 0.182 e. The van der Waals surface area contributed by atoms with Gasteiger partial charge in [-0.05, 0) is 58.5 Å². The van der Waals surface area contributed by atoms with Gasteiger partial charge in [0, 0.05) is 8.95 Å². The van der Waals surface area contributed by atoms with Crippen LogP contribution in [0.1, 0.15) is 0 Å². The van der Waals surface area contributed by atoms with Gasteiger partial charge in [-0.15, -0.1) is 0 Å². The second-order valence-electron chi connectivity index (χ2n) is 4.00. The Morgan fingerprint density at radius 3 is 2.74 bits per heavy atom. The number of halogens is 3. The van der Waals surface area contributed by atoms with E-state index in [1.807, 2.05) is 28.8 Å². The van der Waals surface area contributed by atoms with Gasteiger partial charge in [0.2, 0.25) is 0 Å². The van der Waals surface area contributed by atoms with Gasteiger partial charge >= 0.3 is 0 Å². The molecule has 1 N–H and O–H groups in total. The van der Waals surface area contributed by atoms with Crippen molar-refractivity contribution in [2.45, 2.75) is 0 Å². The molecule has 3 rings (SSSR count). The van der Waals surface area contributed by atoms with Crippen molar-refractivity contribution in [3.63, 3.8) is 0 Å². The summed E-state index contributed by atoms with van der Waals surface area (Å²) < 4.78 is 17.8. The lowest BCUT2D eigenvalue weighted by molar-refractivity contribution is 0.637. The first-order valence-corrected chi connectivity index (χ1v) is 7.42. The van der Waals surface area contributed by atoms with E-state index in [2.05, 4.69) is 36.8 Å². The van der Waals surface area contributed by atoms with Gasteiger partial charge in [0.25, 0.3) is 0 Å². The number of nitrogens with zero attached hydrogens (tertiary/aromatic N) is 1. The van der Waals surface area contributed by atoms with Crippen molar-refractivity contribution in [1.29, 1.82) is 0 Å². The van der Waals surface area contributed by atoms with Crippen molar-refractivity contribution in [3.8, 4) is 5.69 Å². The molecule has 0 bridgehead atoms. The highest BCUT2D eigenvalue weighted by Crippen LogP contribution is 2.29. The minimum absolute atomic E-state index is 0.312. The monoisotopic (exact) mass is 400 g/mol. The first-order valence-electron chi connectivity index (χ1n) is 5.42. The molecule has 0 aliphatic heterocycles. The van der Waals surface area contributed by atoms with Crippen LogP contribution < -0.4 is 0 Å². The van der Waals surface area contributed by atoms with E-state index in [9.17, 15) is 4.39 Å². The number of fused-ring (bicyclic) bond motifs is 1. The Morgan fingerprint density at radius 1 is 1.16 bits per heavy atom. The maximum Gasteiger partial charge on any atom is 0.182 e. The van der Waals surface area contributed by atoms with Gasteiger partial charge in [0.05, 0.1) is 11.2 Å². The van der Waals surface area contributed by atoms with Crippen LogP contribution in [0.3, 0.4) is 0 Å². The molecule has 0 amide bonds. The van der Waals surface area contributed by atoms with Crippen LogP contribution in [0.15, 0.2) is 45.3 Å². The van der Waals surface area contributed by atoms with Crippen molar-refractivity contribution < 1.29 is 4.39 Å². The van der Waals surface area contributed by atoms with Gasteiger partial charge < -0.3 is 4.98 Å². The number of hydrogen-bond donors (Lipinski definition) is 1. The van der Waals surface area contributed by atoms with Crippen LogP contribution in [0.4, 0.5) is 4.39 Å². The minimum Gasteiger partial charge on any atom is -0.328 e. The van der Waals surface area contributed by atoms with Gasteiger partial charge in [-0.1, -0.05) is 22.0 Å². The van der Waals surface area contributed by atoms with Crippen LogP contribution in [0.2, 0.25) is 0 Å². The van der Waals surface area contributed by atoms with E-state index in [1.54, 1.807) is 6.07 Å². The largest absolute Gasteiger partial charge is 0.328 e. The maximum atomic E-state index is 13.8. The van der Waals surface area contributed by atoms with E-state index < -0.39 is 0 Å². The molecule has 2 aromatic carbocycles. The van der Waals surface area contributed by atoms with Crippen LogP contribution in [-0.2, 0) is 0 Å². The SMILES string of the molecule is Fc1cccc2c1[nH]c(=S)n2-c1cc(Br)ccc1Br. The zero-order valence-corrected chi connectivity index (χ0v) is 13.4. The topological polar surface area (TPSA) is 20.7 Å². The number of nitrogens with one attached hydrogen (secondary N) is 1. The Balaban J connectivity index is 2.43. The Hall–Kier alpha value is -0.980. The molecule has 0 radical (unpaired) electrons. The predicted molar refractivity (Wildman–Crippen MR) is 83.8 cm³/mol. The third kappa shape index (κ3) is 2.17. The summed E-state index contributed by atoms with van der Waals surface area (Å²) in [5, 5.41) is 0. The van der Waals surface area contributed by atoms with Crippen LogP contribution in [0.5, 0.6) is 0 Å². The lowest BCUT2D eigenvalue weighted by Crippen LogP contribution is -1.95. The highest BCUT2D eigenvalue weighted by atomic mass is 79.9. The van der Waals surface area contributed by atoms with Crippen molar-refractivity contribution in [2.75, 3.05) is 0 Å². The predicted octanol–water partition coefficient (Wildman–Crippen LogP) is 5.35. The third-order valence-electron chi connectivity index (χ3n) is 2.82. The number of para-hydroxylation sites is 1. The molecule has 6 heteroatoms. The lowest BCUT2D eigenvalue weighted by Gasteiger charge is -2.08.